The Morgan fingerprint density at radius 1 is 1.05 bits per heavy atom. The second-order valence-corrected chi connectivity index (χ2v) is 7.02. The summed E-state index contributed by atoms with van der Waals surface area (Å²) in [6, 6.07) is 0. The number of nitrogens with one attached hydrogen (secondary N) is 2. The molecule has 0 aliphatic heterocycles. The Kier molecular flexibility index (Phi) is 9.48. The summed E-state index contributed by atoms with van der Waals surface area (Å²) in [5.74, 6) is 0. The second-order valence-electron chi connectivity index (χ2n) is 7.02. The van der Waals surface area contributed by atoms with Crippen LogP contribution in [0.2, 0.25) is 0 Å². The SMILES string of the molecule is CC(C)(C)OC(=O)NCCCNCCCOC1CCCCC1. The van der Waals surface area contributed by atoms with Crippen LogP contribution in [0.5, 0.6) is 0 Å². The Labute approximate surface area is 135 Å². The fourth-order valence-electron chi connectivity index (χ4n) is 2.52. The lowest BCUT2D eigenvalue weighted by Gasteiger charge is -2.21. The maximum atomic E-state index is 11.4. The Bertz CT molecular complexity index is 297. The minimum absolute atomic E-state index is 0.339. The Morgan fingerprint density at radius 2 is 1.73 bits per heavy atom. The van der Waals surface area contributed by atoms with Gasteiger partial charge in [-0.15, -0.1) is 0 Å². The molecule has 2 N–H and O–H groups in total. The number of rotatable bonds is 9. The third kappa shape index (κ3) is 10.9. The van der Waals surface area contributed by atoms with E-state index in [0.717, 1.165) is 32.5 Å². The predicted molar refractivity (Wildman–Crippen MR) is 89.2 cm³/mol. The minimum Gasteiger partial charge on any atom is -0.444 e. The fraction of sp³-hybridized carbons (Fsp3) is 0.941. The average Bonchev–Trinajstić information content (AvgIpc) is 2.44. The lowest BCUT2D eigenvalue weighted by molar-refractivity contribution is 0.0273. The lowest BCUT2D eigenvalue weighted by Crippen LogP contribution is -2.34. The normalized spacial score (nSPS) is 16.5. The summed E-state index contributed by atoms with van der Waals surface area (Å²) in [6.07, 6.45) is 8.63. The number of amides is 1. The van der Waals surface area contributed by atoms with Crippen LogP contribution in [-0.2, 0) is 9.47 Å². The van der Waals surface area contributed by atoms with Gasteiger partial charge >= 0.3 is 6.09 Å². The van der Waals surface area contributed by atoms with Crippen LogP contribution in [0.15, 0.2) is 0 Å². The quantitative estimate of drug-likeness (QED) is 0.642. The van der Waals surface area contributed by atoms with Gasteiger partial charge in [0.15, 0.2) is 0 Å². The van der Waals surface area contributed by atoms with Crippen molar-refractivity contribution in [3.8, 4) is 0 Å². The van der Waals surface area contributed by atoms with Crippen molar-refractivity contribution in [1.29, 1.82) is 0 Å². The van der Waals surface area contributed by atoms with Gasteiger partial charge in [0.1, 0.15) is 5.60 Å². The second kappa shape index (κ2) is 10.8. The van der Waals surface area contributed by atoms with Gasteiger partial charge in [-0.25, -0.2) is 4.79 Å². The van der Waals surface area contributed by atoms with E-state index in [1.54, 1.807) is 0 Å². The van der Waals surface area contributed by atoms with Crippen LogP contribution in [0.3, 0.4) is 0 Å². The molecule has 5 nitrogen and oxygen atoms in total. The Balaban J connectivity index is 1.82. The van der Waals surface area contributed by atoms with Crippen molar-refractivity contribution in [2.75, 3.05) is 26.2 Å². The minimum atomic E-state index is -0.430. The summed E-state index contributed by atoms with van der Waals surface area (Å²) in [5.41, 5.74) is -0.430. The van der Waals surface area contributed by atoms with Gasteiger partial charge in [0.05, 0.1) is 6.10 Å². The largest absolute Gasteiger partial charge is 0.444 e. The molecule has 0 unspecified atom stereocenters. The number of hydrogen-bond acceptors (Lipinski definition) is 4. The zero-order valence-corrected chi connectivity index (χ0v) is 14.6. The Morgan fingerprint density at radius 3 is 2.41 bits per heavy atom. The molecule has 0 aromatic carbocycles. The molecule has 130 valence electrons. The topological polar surface area (TPSA) is 59.6 Å². The lowest BCUT2D eigenvalue weighted by atomic mass is 9.98. The molecule has 1 aliphatic rings. The van der Waals surface area contributed by atoms with Crippen LogP contribution in [0, 0.1) is 0 Å². The molecule has 0 aromatic heterocycles. The monoisotopic (exact) mass is 314 g/mol. The first-order chi connectivity index (χ1) is 10.5. The zero-order chi connectivity index (χ0) is 16.3. The first-order valence-corrected chi connectivity index (χ1v) is 8.76. The molecule has 1 aliphatic carbocycles. The third-order valence-corrected chi connectivity index (χ3v) is 3.60. The summed E-state index contributed by atoms with van der Waals surface area (Å²) >= 11 is 0. The van der Waals surface area contributed by atoms with Crippen molar-refractivity contribution in [2.45, 2.75) is 77.4 Å². The van der Waals surface area contributed by atoms with E-state index in [4.69, 9.17) is 9.47 Å². The van der Waals surface area contributed by atoms with Gasteiger partial charge in [-0.1, -0.05) is 19.3 Å². The van der Waals surface area contributed by atoms with Crippen molar-refractivity contribution < 1.29 is 14.3 Å². The maximum absolute atomic E-state index is 11.4. The number of alkyl carbamates (subject to hydrolysis) is 1. The van der Waals surface area contributed by atoms with Crippen molar-refractivity contribution >= 4 is 6.09 Å². The van der Waals surface area contributed by atoms with Crippen LogP contribution in [0.25, 0.3) is 0 Å². The van der Waals surface area contributed by atoms with Crippen LogP contribution in [-0.4, -0.2) is 44.0 Å². The summed E-state index contributed by atoms with van der Waals surface area (Å²) < 4.78 is 11.0. The Hall–Kier alpha value is -0.810. The molecule has 22 heavy (non-hydrogen) atoms. The molecule has 0 radical (unpaired) electrons. The maximum Gasteiger partial charge on any atom is 0.407 e. The third-order valence-electron chi connectivity index (χ3n) is 3.60. The molecule has 0 heterocycles. The van der Waals surface area contributed by atoms with Crippen LogP contribution >= 0.6 is 0 Å². The van der Waals surface area contributed by atoms with Crippen LogP contribution < -0.4 is 10.6 Å². The molecule has 0 atom stereocenters. The number of ether oxygens (including phenoxy) is 2. The van der Waals surface area contributed by atoms with Crippen molar-refractivity contribution in [2.24, 2.45) is 0 Å². The molecular formula is C17H34N2O3. The number of hydrogen-bond donors (Lipinski definition) is 2. The van der Waals surface area contributed by atoms with Gasteiger partial charge in [-0.05, 0) is 59.5 Å². The van der Waals surface area contributed by atoms with Crippen molar-refractivity contribution in [1.82, 2.24) is 10.6 Å². The highest BCUT2D eigenvalue weighted by molar-refractivity contribution is 5.67. The molecular weight excluding hydrogens is 280 g/mol. The van der Waals surface area contributed by atoms with Gasteiger partial charge < -0.3 is 20.1 Å². The van der Waals surface area contributed by atoms with E-state index < -0.39 is 5.60 Å². The highest BCUT2D eigenvalue weighted by atomic mass is 16.6. The molecule has 1 amide bonds. The zero-order valence-electron chi connectivity index (χ0n) is 14.6. The standard InChI is InChI=1S/C17H34N2O3/c1-17(2,3)22-16(20)19-13-7-11-18-12-8-14-21-15-9-5-4-6-10-15/h15,18H,4-14H2,1-3H3,(H,19,20). The molecule has 0 spiro atoms. The molecule has 0 saturated heterocycles. The summed E-state index contributed by atoms with van der Waals surface area (Å²) in [4.78, 5) is 11.4. The van der Waals surface area contributed by atoms with E-state index in [1.807, 2.05) is 20.8 Å². The van der Waals surface area contributed by atoms with Gasteiger partial charge in [-0.3, -0.25) is 0 Å². The average molecular weight is 314 g/mol. The fourth-order valence-corrected chi connectivity index (χ4v) is 2.52. The first kappa shape index (κ1) is 19.2. The smallest absolute Gasteiger partial charge is 0.407 e. The van der Waals surface area contributed by atoms with Crippen LogP contribution in [0.1, 0.15) is 65.7 Å². The van der Waals surface area contributed by atoms with Gasteiger partial charge in [0, 0.05) is 13.2 Å². The highest BCUT2D eigenvalue weighted by Crippen LogP contribution is 2.20. The molecule has 1 rings (SSSR count). The molecule has 0 aromatic rings. The van der Waals surface area contributed by atoms with Gasteiger partial charge in [0.25, 0.3) is 0 Å². The highest BCUT2D eigenvalue weighted by Gasteiger charge is 2.15. The van der Waals surface area contributed by atoms with E-state index in [9.17, 15) is 4.79 Å². The summed E-state index contributed by atoms with van der Waals surface area (Å²) in [7, 11) is 0. The van der Waals surface area contributed by atoms with E-state index in [0.29, 0.717) is 12.6 Å². The number of carbonyl (C=O) groups is 1. The summed E-state index contributed by atoms with van der Waals surface area (Å²) in [6.45, 7) is 8.96. The molecule has 1 saturated carbocycles. The van der Waals surface area contributed by atoms with Gasteiger partial charge in [-0.2, -0.15) is 0 Å². The van der Waals surface area contributed by atoms with Gasteiger partial charge in [0.2, 0.25) is 0 Å². The van der Waals surface area contributed by atoms with E-state index >= 15 is 0 Å². The van der Waals surface area contributed by atoms with Crippen molar-refractivity contribution in [3.63, 3.8) is 0 Å². The van der Waals surface area contributed by atoms with Crippen molar-refractivity contribution in [3.05, 3.63) is 0 Å². The van der Waals surface area contributed by atoms with Crippen LogP contribution in [0.4, 0.5) is 4.79 Å². The van der Waals surface area contributed by atoms with E-state index in [2.05, 4.69) is 10.6 Å². The first-order valence-electron chi connectivity index (χ1n) is 8.76. The molecule has 0 bridgehead atoms. The molecule has 5 heteroatoms. The predicted octanol–water partition coefficient (Wildman–Crippen LogP) is 3.23. The van der Waals surface area contributed by atoms with E-state index in [-0.39, 0.29) is 6.09 Å². The number of carbonyl (C=O) groups excluding carboxylic acids is 1. The summed E-state index contributed by atoms with van der Waals surface area (Å²) in [5, 5.41) is 6.13. The van der Waals surface area contributed by atoms with E-state index in [1.165, 1.54) is 32.1 Å². The molecule has 1 fully saturated rings.